The summed E-state index contributed by atoms with van der Waals surface area (Å²) in [6, 6.07) is 17.0. The molecule has 142 valence electrons. The summed E-state index contributed by atoms with van der Waals surface area (Å²) in [6.07, 6.45) is 3.99. The highest BCUT2D eigenvalue weighted by Gasteiger charge is 2.16. The summed E-state index contributed by atoms with van der Waals surface area (Å²) < 4.78 is 5.50. The second kappa shape index (κ2) is 9.88. The van der Waals surface area contributed by atoms with E-state index in [2.05, 4.69) is 22.8 Å². The van der Waals surface area contributed by atoms with Crippen molar-refractivity contribution < 1.29 is 14.3 Å². The van der Waals surface area contributed by atoms with Gasteiger partial charge in [0.25, 0.3) is 11.8 Å². The van der Waals surface area contributed by atoms with E-state index in [4.69, 9.17) is 4.74 Å². The van der Waals surface area contributed by atoms with Crippen molar-refractivity contribution in [2.45, 2.75) is 31.8 Å². The Morgan fingerprint density at radius 1 is 0.926 bits per heavy atom. The number of hydrogen-bond donors (Lipinski definition) is 2. The molecule has 0 aliphatic carbocycles. The number of amides is 2. The van der Waals surface area contributed by atoms with E-state index in [0.29, 0.717) is 24.2 Å². The molecule has 1 fully saturated rings. The molecular weight excluding hydrogens is 340 g/mol. The third-order valence-corrected chi connectivity index (χ3v) is 4.69. The Morgan fingerprint density at radius 2 is 1.59 bits per heavy atom. The molecule has 0 radical (unpaired) electrons. The Balaban J connectivity index is 1.40. The third kappa shape index (κ3) is 5.93. The van der Waals surface area contributed by atoms with E-state index in [0.717, 1.165) is 32.3 Å². The van der Waals surface area contributed by atoms with E-state index >= 15 is 0 Å². The van der Waals surface area contributed by atoms with Gasteiger partial charge in [0.05, 0.1) is 6.10 Å². The van der Waals surface area contributed by atoms with Crippen LogP contribution in [0, 0.1) is 0 Å². The van der Waals surface area contributed by atoms with Gasteiger partial charge in [-0.05, 0) is 55.5 Å². The first-order valence-electron chi connectivity index (χ1n) is 9.54. The van der Waals surface area contributed by atoms with Crippen LogP contribution in [0.1, 0.15) is 45.5 Å². The van der Waals surface area contributed by atoms with Crippen molar-refractivity contribution in [3.05, 3.63) is 71.3 Å². The number of aryl methyl sites for hydroxylation is 1. The average Bonchev–Trinajstić information content (AvgIpc) is 3.24. The van der Waals surface area contributed by atoms with Crippen LogP contribution < -0.4 is 10.6 Å². The normalized spacial score (nSPS) is 16.1. The number of ether oxygens (including phenoxy) is 1. The van der Waals surface area contributed by atoms with Gasteiger partial charge in [-0.3, -0.25) is 9.59 Å². The zero-order valence-electron chi connectivity index (χ0n) is 15.4. The lowest BCUT2D eigenvalue weighted by atomic mass is 10.1. The maximum absolute atomic E-state index is 12.2. The molecule has 5 heteroatoms. The maximum atomic E-state index is 12.2. The fourth-order valence-corrected chi connectivity index (χ4v) is 3.13. The van der Waals surface area contributed by atoms with Gasteiger partial charge < -0.3 is 15.4 Å². The van der Waals surface area contributed by atoms with Gasteiger partial charge >= 0.3 is 0 Å². The first-order chi connectivity index (χ1) is 13.2. The lowest BCUT2D eigenvalue weighted by Crippen LogP contribution is -2.31. The summed E-state index contributed by atoms with van der Waals surface area (Å²) in [6.45, 7) is 1.93. The molecule has 5 nitrogen and oxygen atoms in total. The molecule has 2 aromatic rings. The molecule has 0 bridgehead atoms. The highest BCUT2D eigenvalue weighted by atomic mass is 16.5. The van der Waals surface area contributed by atoms with E-state index in [1.54, 1.807) is 24.3 Å². The Kier molecular flexibility index (Phi) is 6.99. The molecule has 1 heterocycles. The van der Waals surface area contributed by atoms with Crippen molar-refractivity contribution in [1.82, 2.24) is 10.6 Å². The standard InChI is InChI=1S/C22H26N2O3/c25-21(23-14-4-8-17-6-2-1-3-7-17)18-10-12-19(13-11-18)22(26)24-16-20-9-5-15-27-20/h1-3,6-7,10-13,20H,4-5,8-9,14-16H2,(H,23,25)(H,24,26). The molecule has 3 rings (SSSR count). The summed E-state index contributed by atoms with van der Waals surface area (Å²) in [5, 5.41) is 5.81. The number of benzene rings is 2. The van der Waals surface area contributed by atoms with Crippen molar-refractivity contribution in [3.8, 4) is 0 Å². The van der Waals surface area contributed by atoms with Gasteiger partial charge in [-0.2, -0.15) is 0 Å². The summed E-state index contributed by atoms with van der Waals surface area (Å²) in [4.78, 5) is 24.4. The first-order valence-corrected chi connectivity index (χ1v) is 9.54. The molecule has 1 aliphatic heterocycles. The predicted octanol–water partition coefficient (Wildman–Crippen LogP) is 2.96. The van der Waals surface area contributed by atoms with Crippen LogP contribution in [0.5, 0.6) is 0 Å². The second-order valence-electron chi connectivity index (χ2n) is 6.77. The van der Waals surface area contributed by atoms with Crippen molar-refractivity contribution in [1.29, 1.82) is 0 Å². The molecule has 1 atom stereocenters. The van der Waals surface area contributed by atoms with Crippen LogP contribution in [0.4, 0.5) is 0 Å². The van der Waals surface area contributed by atoms with E-state index in [9.17, 15) is 9.59 Å². The summed E-state index contributed by atoms with van der Waals surface area (Å²) in [5.41, 5.74) is 2.38. The van der Waals surface area contributed by atoms with E-state index in [1.807, 2.05) is 18.2 Å². The van der Waals surface area contributed by atoms with Crippen LogP contribution >= 0.6 is 0 Å². The smallest absolute Gasteiger partial charge is 0.251 e. The van der Waals surface area contributed by atoms with E-state index < -0.39 is 0 Å². The zero-order valence-corrected chi connectivity index (χ0v) is 15.4. The SMILES string of the molecule is O=C(NCCCc1ccccc1)c1ccc(C(=O)NCC2CCCO2)cc1. The number of hydrogen-bond acceptors (Lipinski definition) is 3. The molecular formula is C22H26N2O3. The zero-order chi connectivity index (χ0) is 18.9. The highest BCUT2D eigenvalue weighted by molar-refractivity contribution is 5.97. The molecule has 1 saturated heterocycles. The van der Waals surface area contributed by atoms with E-state index in [-0.39, 0.29) is 17.9 Å². The summed E-state index contributed by atoms with van der Waals surface area (Å²) >= 11 is 0. The Hall–Kier alpha value is -2.66. The average molecular weight is 366 g/mol. The summed E-state index contributed by atoms with van der Waals surface area (Å²) in [7, 11) is 0. The van der Waals surface area contributed by atoms with E-state index in [1.165, 1.54) is 5.56 Å². The van der Waals surface area contributed by atoms with Gasteiger partial charge in [0, 0.05) is 30.8 Å². The minimum atomic E-state index is -0.139. The third-order valence-electron chi connectivity index (χ3n) is 4.69. The van der Waals surface area contributed by atoms with Gasteiger partial charge in [0.15, 0.2) is 0 Å². The number of carbonyl (C=O) groups excluding carboxylic acids is 2. The lowest BCUT2D eigenvalue weighted by molar-refractivity contribution is 0.0857. The number of carbonyl (C=O) groups is 2. The minimum Gasteiger partial charge on any atom is -0.376 e. The molecule has 27 heavy (non-hydrogen) atoms. The minimum absolute atomic E-state index is 0.116. The Labute approximate surface area is 160 Å². The number of nitrogens with one attached hydrogen (secondary N) is 2. The van der Waals surface area contributed by atoms with Gasteiger partial charge in [0.2, 0.25) is 0 Å². The quantitative estimate of drug-likeness (QED) is 0.706. The molecule has 1 aliphatic rings. The topological polar surface area (TPSA) is 67.4 Å². The van der Waals surface area contributed by atoms with Gasteiger partial charge in [-0.1, -0.05) is 30.3 Å². The second-order valence-corrected chi connectivity index (χ2v) is 6.77. The fourth-order valence-electron chi connectivity index (χ4n) is 3.13. The van der Waals surface area contributed by atoms with Crippen molar-refractivity contribution >= 4 is 11.8 Å². The molecule has 0 saturated carbocycles. The van der Waals surface area contributed by atoms with Crippen molar-refractivity contribution in [2.24, 2.45) is 0 Å². The first kappa shape index (κ1) is 19.1. The highest BCUT2D eigenvalue weighted by Crippen LogP contribution is 2.11. The van der Waals surface area contributed by atoms with Gasteiger partial charge in [-0.25, -0.2) is 0 Å². The van der Waals surface area contributed by atoms with Crippen LogP contribution in [0.15, 0.2) is 54.6 Å². The summed E-state index contributed by atoms with van der Waals surface area (Å²) in [5.74, 6) is -0.255. The van der Waals surface area contributed by atoms with Gasteiger partial charge in [0.1, 0.15) is 0 Å². The number of rotatable bonds is 8. The molecule has 2 N–H and O–H groups in total. The predicted molar refractivity (Wildman–Crippen MR) is 105 cm³/mol. The molecule has 2 amide bonds. The molecule has 2 aromatic carbocycles. The fraction of sp³-hybridized carbons (Fsp3) is 0.364. The lowest BCUT2D eigenvalue weighted by Gasteiger charge is -2.11. The van der Waals surface area contributed by atoms with Crippen LogP contribution in [-0.2, 0) is 11.2 Å². The molecule has 0 spiro atoms. The largest absolute Gasteiger partial charge is 0.376 e. The maximum Gasteiger partial charge on any atom is 0.251 e. The molecule has 0 aromatic heterocycles. The Morgan fingerprint density at radius 3 is 2.22 bits per heavy atom. The van der Waals surface area contributed by atoms with Crippen LogP contribution in [0.2, 0.25) is 0 Å². The van der Waals surface area contributed by atoms with Gasteiger partial charge in [-0.15, -0.1) is 0 Å². The van der Waals surface area contributed by atoms with Crippen molar-refractivity contribution in [2.75, 3.05) is 19.7 Å². The monoisotopic (exact) mass is 366 g/mol. The van der Waals surface area contributed by atoms with Crippen LogP contribution in [0.3, 0.4) is 0 Å². The van der Waals surface area contributed by atoms with Crippen LogP contribution in [0.25, 0.3) is 0 Å². The Bertz CT molecular complexity index is 738. The van der Waals surface area contributed by atoms with Crippen molar-refractivity contribution in [3.63, 3.8) is 0 Å². The molecule has 1 unspecified atom stereocenters. The van der Waals surface area contributed by atoms with Crippen LogP contribution in [-0.4, -0.2) is 37.6 Å².